The van der Waals surface area contributed by atoms with E-state index in [0.29, 0.717) is 21.7 Å². The summed E-state index contributed by atoms with van der Waals surface area (Å²) in [6, 6.07) is 5.62. The lowest BCUT2D eigenvalue weighted by atomic mass is 9.88. The van der Waals surface area contributed by atoms with E-state index in [1.165, 1.54) is 6.42 Å². The topological polar surface area (TPSA) is 23.6 Å². The Bertz CT molecular complexity index is 576. The summed E-state index contributed by atoms with van der Waals surface area (Å²) in [4.78, 5) is 17.0. The second-order valence-electron chi connectivity index (χ2n) is 6.19. The molecule has 0 spiro atoms. The Kier molecular flexibility index (Phi) is 6.51. The first kappa shape index (κ1) is 18.3. The normalized spacial score (nSPS) is 21.3. The Balaban J connectivity index is 2.18. The van der Waals surface area contributed by atoms with Crippen LogP contribution in [0.3, 0.4) is 0 Å². The van der Waals surface area contributed by atoms with Crippen molar-refractivity contribution < 1.29 is 4.79 Å². The molecule has 1 aliphatic rings. The first-order valence-corrected chi connectivity index (χ1v) is 8.74. The van der Waals surface area contributed by atoms with Gasteiger partial charge in [0.1, 0.15) is 0 Å². The molecule has 5 heteroatoms. The Morgan fingerprint density at radius 1 is 1.22 bits per heavy atom. The maximum Gasteiger partial charge on any atom is 0.253 e. The van der Waals surface area contributed by atoms with Crippen molar-refractivity contribution in [1.82, 2.24) is 9.80 Å². The second-order valence-corrected chi connectivity index (χ2v) is 7.01. The zero-order valence-corrected chi connectivity index (χ0v) is 15.3. The van der Waals surface area contributed by atoms with Gasteiger partial charge in [0.15, 0.2) is 0 Å². The fourth-order valence-electron chi connectivity index (χ4n) is 3.38. The zero-order valence-electron chi connectivity index (χ0n) is 13.8. The van der Waals surface area contributed by atoms with E-state index in [2.05, 4.69) is 18.5 Å². The van der Waals surface area contributed by atoms with Gasteiger partial charge in [0.2, 0.25) is 0 Å². The number of rotatable bonds is 5. The average molecular weight is 355 g/mol. The smallest absolute Gasteiger partial charge is 0.253 e. The van der Waals surface area contributed by atoms with Crippen molar-refractivity contribution >= 4 is 29.1 Å². The number of hydrogen-bond acceptors (Lipinski definition) is 2. The van der Waals surface area contributed by atoms with Crippen molar-refractivity contribution in [1.29, 1.82) is 0 Å². The molecule has 3 nitrogen and oxygen atoms in total. The molecule has 0 unspecified atom stereocenters. The van der Waals surface area contributed by atoms with Gasteiger partial charge in [0.05, 0.1) is 10.0 Å². The Hall–Kier alpha value is -1.03. The summed E-state index contributed by atoms with van der Waals surface area (Å²) in [5.74, 6) is -0.00697. The van der Waals surface area contributed by atoms with E-state index in [1.807, 2.05) is 18.0 Å². The predicted molar refractivity (Wildman–Crippen MR) is 97.4 cm³/mol. The van der Waals surface area contributed by atoms with Gasteiger partial charge in [-0.3, -0.25) is 9.69 Å². The van der Waals surface area contributed by atoms with Crippen LogP contribution in [-0.2, 0) is 0 Å². The summed E-state index contributed by atoms with van der Waals surface area (Å²) in [6.07, 6.45) is 6.40. The van der Waals surface area contributed by atoms with Crippen LogP contribution >= 0.6 is 23.2 Å². The number of carbonyl (C=O) groups is 1. The average Bonchev–Trinajstić information content (AvgIpc) is 2.56. The van der Waals surface area contributed by atoms with Crippen LogP contribution in [0.15, 0.2) is 30.9 Å². The van der Waals surface area contributed by atoms with Gasteiger partial charge in [0.25, 0.3) is 5.91 Å². The van der Waals surface area contributed by atoms with E-state index in [9.17, 15) is 4.79 Å². The van der Waals surface area contributed by atoms with Crippen LogP contribution in [0, 0.1) is 0 Å². The minimum atomic E-state index is -0.00697. The molecule has 0 aromatic heterocycles. The molecule has 23 heavy (non-hydrogen) atoms. The fraction of sp³-hybridized carbons (Fsp3) is 0.500. The molecule has 1 amide bonds. The van der Waals surface area contributed by atoms with Crippen molar-refractivity contribution in [2.24, 2.45) is 0 Å². The third kappa shape index (κ3) is 4.28. The summed E-state index contributed by atoms with van der Waals surface area (Å²) in [6.45, 7) is 4.65. The summed E-state index contributed by atoms with van der Waals surface area (Å²) in [5.41, 5.74) is 0.581. The van der Waals surface area contributed by atoms with Crippen LogP contribution in [0.1, 0.15) is 36.0 Å². The van der Waals surface area contributed by atoms with Gasteiger partial charge in [-0.2, -0.15) is 0 Å². The Morgan fingerprint density at radius 2 is 1.87 bits per heavy atom. The standard InChI is InChI=1S/C18H24Cl2N2O/c1-4-11-21(2)16-7-5-6-8-17(16)22(3)18(23)13-9-10-14(19)15(20)12-13/h4,9-10,12,16-17H,1,5-8,11H2,2-3H3/t16-,17-/m1/s1. The SMILES string of the molecule is C=CCN(C)[C@@H]1CCCC[C@H]1N(C)C(=O)c1ccc(Cl)c(Cl)c1. The minimum absolute atomic E-state index is 0.00697. The van der Waals surface area contributed by atoms with Gasteiger partial charge >= 0.3 is 0 Å². The lowest BCUT2D eigenvalue weighted by Crippen LogP contribution is -2.52. The lowest BCUT2D eigenvalue weighted by Gasteiger charge is -2.42. The molecular formula is C18H24Cl2N2O. The van der Waals surface area contributed by atoms with Gasteiger partial charge in [-0.1, -0.05) is 42.1 Å². The first-order chi connectivity index (χ1) is 11.0. The van der Waals surface area contributed by atoms with Gasteiger partial charge in [0, 0.05) is 31.2 Å². The highest BCUT2D eigenvalue weighted by atomic mass is 35.5. The third-order valence-corrected chi connectivity index (χ3v) is 5.40. The van der Waals surface area contributed by atoms with Crippen molar-refractivity contribution in [3.05, 3.63) is 46.5 Å². The van der Waals surface area contributed by atoms with Crippen LogP contribution in [0.25, 0.3) is 0 Å². The van der Waals surface area contributed by atoms with Crippen molar-refractivity contribution in [3.8, 4) is 0 Å². The van der Waals surface area contributed by atoms with Gasteiger partial charge in [-0.05, 0) is 38.1 Å². The van der Waals surface area contributed by atoms with E-state index in [4.69, 9.17) is 23.2 Å². The molecule has 1 saturated carbocycles. The molecule has 2 rings (SSSR count). The van der Waals surface area contributed by atoms with E-state index in [-0.39, 0.29) is 11.9 Å². The van der Waals surface area contributed by atoms with Crippen molar-refractivity contribution in [2.45, 2.75) is 37.8 Å². The van der Waals surface area contributed by atoms with Crippen LogP contribution < -0.4 is 0 Å². The number of halogens is 2. The number of nitrogens with zero attached hydrogens (tertiary/aromatic N) is 2. The first-order valence-electron chi connectivity index (χ1n) is 7.99. The highest BCUT2D eigenvalue weighted by Crippen LogP contribution is 2.28. The zero-order chi connectivity index (χ0) is 17.0. The minimum Gasteiger partial charge on any atom is -0.337 e. The molecular weight excluding hydrogens is 331 g/mol. The highest BCUT2D eigenvalue weighted by Gasteiger charge is 2.33. The molecule has 0 saturated heterocycles. The maximum atomic E-state index is 12.8. The van der Waals surface area contributed by atoms with E-state index in [1.54, 1.807) is 18.2 Å². The number of benzene rings is 1. The van der Waals surface area contributed by atoms with Gasteiger partial charge in [-0.25, -0.2) is 0 Å². The highest BCUT2D eigenvalue weighted by molar-refractivity contribution is 6.42. The lowest BCUT2D eigenvalue weighted by molar-refractivity contribution is 0.0522. The number of hydrogen-bond donors (Lipinski definition) is 0. The molecule has 1 aliphatic carbocycles. The largest absolute Gasteiger partial charge is 0.337 e. The summed E-state index contributed by atoms with van der Waals surface area (Å²) >= 11 is 12.0. The molecule has 1 aromatic rings. The monoisotopic (exact) mass is 354 g/mol. The number of amides is 1. The second kappa shape index (κ2) is 8.18. The van der Waals surface area contributed by atoms with Crippen LogP contribution in [0.5, 0.6) is 0 Å². The molecule has 0 aliphatic heterocycles. The molecule has 0 radical (unpaired) electrons. The molecule has 0 heterocycles. The quantitative estimate of drug-likeness (QED) is 0.727. The Morgan fingerprint density at radius 3 is 2.48 bits per heavy atom. The van der Waals surface area contributed by atoms with E-state index < -0.39 is 0 Å². The van der Waals surface area contributed by atoms with Crippen LogP contribution in [-0.4, -0.2) is 48.4 Å². The van der Waals surface area contributed by atoms with E-state index >= 15 is 0 Å². The maximum absolute atomic E-state index is 12.8. The van der Waals surface area contributed by atoms with Gasteiger partial charge in [-0.15, -0.1) is 6.58 Å². The van der Waals surface area contributed by atoms with E-state index in [0.717, 1.165) is 25.8 Å². The molecule has 1 fully saturated rings. The Labute approximate surface area is 148 Å². The molecule has 0 bridgehead atoms. The number of carbonyl (C=O) groups excluding carboxylic acids is 1. The molecule has 1 aromatic carbocycles. The summed E-state index contributed by atoms with van der Waals surface area (Å²) < 4.78 is 0. The summed E-state index contributed by atoms with van der Waals surface area (Å²) in [5, 5.41) is 0.877. The van der Waals surface area contributed by atoms with Crippen LogP contribution in [0.2, 0.25) is 10.0 Å². The summed E-state index contributed by atoms with van der Waals surface area (Å²) in [7, 11) is 3.98. The van der Waals surface area contributed by atoms with Gasteiger partial charge < -0.3 is 4.90 Å². The third-order valence-electron chi connectivity index (χ3n) is 4.66. The fourth-order valence-corrected chi connectivity index (χ4v) is 3.68. The molecule has 126 valence electrons. The van der Waals surface area contributed by atoms with Crippen molar-refractivity contribution in [2.75, 3.05) is 20.6 Å². The van der Waals surface area contributed by atoms with Crippen molar-refractivity contribution in [3.63, 3.8) is 0 Å². The van der Waals surface area contributed by atoms with Crippen LogP contribution in [0.4, 0.5) is 0 Å². The predicted octanol–water partition coefficient (Wildman–Crippen LogP) is 4.49. The number of likely N-dealkylation sites (N-methyl/N-ethyl adjacent to an activating group) is 2. The molecule has 0 N–H and O–H groups in total. The molecule has 2 atom stereocenters.